The molecule has 0 aliphatic rings. The number of rotatable bonds is 5. The quantitative estimate of drug-likeness (QED) is 0.905. The number of ether oxygens (including phenoxy) is 3. The molecule has 0 aliphatic carbocycles. The van der Waals surface area contributed by atoms with E-state index in [4.69, 9.17) is 14.2 Å². The molecule has 0 aliphatic heterocycles. The van der Waals surface area contributed by atoms with Gasteiger partial charge in [-0.1, -0.05) is 12.1 Å². The number of methoxy groups -OCH3 is 2. The summed E-state index contributed by atoms with van der Waals surface area (Å²) in [4.78, 5) is 0. The third kappa shape index (κ3) is 3.42. The van der Waals surface area contributed by atoms with Crippen molar-refractivity contribution in [2.45, 2.75) is 13.0 Å². The predicted octanol–water partition coefficient (Wildman–Crippen LogP) is 3.55. The summed E-state index contributed by atoms with van der Waals surface area (Å²) in [5, 5.41) is 9.47. The van der Waals surface area contributed by atoms with Crippen LogP contribution in [-0.2, 0) is 0 Å². The van der Waals surface area contributed by atoms with Gasteiger partial charge in [-0.3, -0.25) is 0 Å². The average Bonchev–Trinajstić information content (AvgIpc) is 2.47. The molecule has 1 unspecified atom stereocenters. The minimum Gasteiger partial charge on any atom is -0.496 e. The van der Waals surface area contributed by atoms with Crippen LogP contribution >= 0.6 is 0 Å². The Balaban J connectivity index is 2.20. The van der Waals surface area contributed by atoms with Gasteiger partial charge >= 0.3 is 0 Å². The first-order valence-electron chi connectivity index (χ1n) is 6.31. The first-order chi connectivity index (χ1) is 9.62. The van der Waals surface area contributed by atoms with Crippen molar-refractivity contribution in [3.8, 4) is 23.0 Å². The van der Waals surface area contributed by atoms with Gasteiger partial charge in [0.2, 0.25) is 0 Å². The summed E-state index contributed by atoms with van der Waals surface area (Å²) in [5.41, 5.74) is 0.848. The maximum atomic E-state index is 9.47. The van der Waals surface area contributed by atoms with Crippen LogP contribution in [0.5, 0.6) is 23.0 Å². The van der Waals surface area contributed by atoms with Crippen LogP contribution < -0.4 is 14.2 Å². The summed E-state index contributed by atoms with van der Waals surface area (Å²) in [6.45, 7) is 1.72. The number of benzene rings is 2. The lowest BCUT2D eigenvalue weighted by molar-refractivity contribution is 0.199. The molecule has 106 valence electrons. The smallest absolute Gasteiger partial charge is 0.134 e. The van der Waals surface area contributed by atoms with Crippen molar-refractivity contribution in [3.05, 3.63) is 48.0 Å². The van der Waals surface area contributed by atoms with E-state index in [2.05, 4.69) is 0 Å². The van der Waals surface area contributed by atoms with Crippen LogP contribution in [0.4, 0.5) is 0 Å². The van der Waals surface area contributed by atoms with Crippen LogP contribution in [0.25, 0.3) is 0 Å². The van der Waals surface area contributed by atoms with Crippen molar-refractivity contribution in [1.29, 1.82) is 0 Å². The van der Waals surface area contributed by atoms with Crippen molar-refractivity contribution in [3.63, 3.8) is 0 Å². The van der Waals surface area contributed by atoms with E-state index < -0.39 is 6.10 Å². The highest BCUT2D eigenvalue weighted by Crippen LogP contribution is 2.31. The second-order valence-corrected chi connectivity index (χ2v) is 4.40. The van der Waals surface area contributed by atoms with Gasteiger partial charge in [-0.25, -0.2) is 0 Å². The topological polar surface area (TPSA) is 47.9 Å². The number of hydrogen-bond acceptors (Lipinski definition) is 4. The van der Waals surface area contributed by atoms with Gasteiger partial charge in [0, 0.05) is 18.2 Å². The molecule has 0 saturated heterocycles. The molecule has 2 aromatic rings. The normalized spacial score (nSPS) is 11.8. The summed E-state index contributed by atoms with van der Waals surface area (Å²) in [7, 11) is 3.19. The number of aliphatic hydroxyl groups excluding tert-OH is 1. The summed E-state index contributed by atoms with van der Waals surface area (Å²) < 4.78 is 16.1. The van der Waals surface area contributed by atoms with Gasteiger partial charge < -0.3 is 19.3 Å². The van der Waals surface area contributed by atoms with E-state index in [9.17, 15) is 5.11 Å². The van der Waals surface area contributed by atoms with Gasteiger partial charge in [-0.05, 0) is 24.6 Å². The van der Waals surface area contributed by atoms with Crippen molar-refractivity contribution >= 4 is 0 Å². The van der Waals surface area contributed by atoms with Crippen LogP contribution in [0.2, 0.25) is 0 Å². The number of aliphatic hydroxyl groups is 1. The fourth-order valence-electron chi connectivity index (χ4n) is 1.79. The van der Waals surface area contributed by atoms with Gasteiger partial charge in [0.05, 0.1) is 20.3 Å². The van der Waals surface area contributed by atoms with E-state index in [1.807, 2.05) is 24.3 Å². The van der Waals surface area contributed by atoms with Gasteiger partial charge in [0.15, 0.2) is 0 Å². The van der Waals surface area contributed by atoms with E-state index in [0.717, 1.165) is 5.56 Å². The molecule has 4 heteroatoms. The molecule has 4 nitrogen and oxygen atoms in total. The van der Waals surface area contributed by atoms with Gasteiger partial charge in [0.1, 0.15) is 23.0 Å². The zero-order chi connectivity index (χ0) is 14.5. The molecular formula is C16H18O4. The molecule has 20 heavy (non-hydrogen) atoms. The third-order valence-corrected chi connectivity index (χ3v) is 2.92. The lowest BCUT2D eigenvalue weighted by Crippen LogP contribution is -1.92. The molecule has 0 radical (unpaired) electrons. The molecule has 0 spiro atoms. The Labute approximate surface area is 118 Å². The Morgan fingerprint density at radius 3 is 1.75 bits per heavy atom. The second kappa shape index (κ2) is 6.30. The molecular weight excluding hydrogens is 256 g/mol. The van der Waals surface area contributed by atoms with Crippen molar-refractivity contribution < 1.29 is 19.3 Å². The fourth-order valence-corrected chi connectivity index (χ4v) is 1.79. The summed E-state index contributed by atoms with van der Waals surface area (Å²) in [5.74, 6) is 2.65. The molecule has 1 N–H and O–H groups in total. The summed E-state index contributed by atoms with van der Waals surface area (Å²) >= 11 is 0. The van der Waals surface area contributed by atoms with Gasteiger partial charge in [-0.2, -0.15) is 0 Å². The summed E-state index contributed by atoms with van der Waals surface area (Å²) in [6, 6.07) is 12.6. The predicted molar refractivity (Wildman–Crippen MR) is 76.7 cm³/mol. The molecule has 2 aromatic carbocycles. The number of hydrogen-bond donors (Lipinski definition) is 1. The Morgan fingerprint density at radius 1 is 0.800 bits per heavy atom. The lowest BCUT2D eigenvalue weighted by Gasteiger charge is -2.11. The summed E-state index contributed by atoms with van der Waals surface area (Å²) in [6.07, 6.45) is -0.485. The molecule has 0 fully saturated rings. The van der Waals surface area contributed by atoms with Gasteiger partial charge in [-0.15, -0.1) is 0 Å². The Morgan fingerprint density at radius 2 is 1.30 bits per heavy atom. The van der Waals surface area contributed by atoms with Crippen LogP contribution in [0.1, 0.15) is 18.6 Å². The zero-order valence-corrected chi connectivity index (χ0v) is 11.8. The van der Waals surface area contributed by atoms with Crippen LogP contribution in [-0.4, -0.2) is 19.3 Å². The SMILES string of the molecule is COc1cc(OC)cc(Oc2ccc(C(C)O)cc2)c1. The highest BCUT2D eigenvalue weighted by Gasteiger charge is 2.05. The third-order valence-electron chi connectivity index (χ3n) is 2.92. The zero-order valence-electron chi connectivity index (χ0n) is 11.8. The lowest BCUT2D eigenvalue weighted by atomic mass is 10.1. The van der Waals surface area contributed by atoms with Crippen molar-refractivity contribution in [2.24, 2.45) is 0 Å². The maximum absolute atomic E-state index is 9.47. The molecule has 0 aromatic heterocycles. The van der Waals surface area contributed by atoms with Crippen LogP contribution in [0.15, 0.2) is 42.5 Å². The van der Waals surface area contributed by atoms with Crippen molar-refractivity contribution in [2.75, 3.05) is 14.2 Å². The highest BCUT2D eigenvalue weighted by atomic mass is 16.5. The molecule has 0 heterocycles. The van der Waals surface area contributed by atoms with Crippen LogP contribution in [0, 0.1) is 0 Å². The van der Waals surface area contributed by atoms with E-state index in [0.29, 0.717) is 23.0 Å². The highest BCUT2D eigenvalue weighted by molar-refractivity contribution is 5.44. The molecule has 0 saturated carbocycles. The van der Waals surface area contributed by atoms with E-state index in [1.165, 1.54) is 0 Å². The van der Waals surface area contributed by atoms with Crippen molar-refractivity contribution in [1.82, 2.24) is 0 Å². The largest absolute Gasteiger partial charge is 0.496 e. The monoisotopic (exact) mass is 274 g/mol. The minimum absolute atomic E-state index is 0.485. The minimum atomic E-state index is -0.485. The molecule has 0 bridgehead atoms. The first kappa shape index (κ1) is 14.2. The molecule has 1 atom stereocenters. The first-order valence-corrected chi connectivity index (χ1v) is 6.31. The van der Waals surface area contributed by atoms with Crippen LogP contribution in [0.3, 0.4) is 0 Å². The van der Waals surface area contributed by atoms with E-state index >= 15 is 0 Å². The van der Waals surface area contributed by atoms with E-state index in [-0.39, 0.29) is 0 Å². The van der Waals surface area contributed by atoms with Gasteiger partial charge in [0.25, 0.3) is 0 Å². The molecule has 0 amide bonds. The average molecular weight is 274 g/mol. The second-order valence-electron chi connectivity index (χ2n) is 4.40. The molecule has 2 rings (SSSR count). The Hall–Kier alpha value is -2.20. The maximum Gasteiger partial charge on any atom is 0.134 e. The fraction of sp³-hybridized carbons (Fsp3) is 0.250. The Kier molecular flexibility index (Phi) is 4.48. The standard InChI is InChI=1S/C16H18O4/c1-11(17)12-4-6-13(7-5-12)20-16-9-14(18-2)8-15(10-16)19-3/h4-11,17H,1-3H3. The van der Waals surface area contributed by atoms with E-state index in [1.54, 1.807) is 39.3 Å². The Bertz CT molecular complexity index is 539.